The smallest absolute Gasteiger partial charge is 0.110 e. The Morgan fingerprint density at radius 3 is 2.88 bits per heavy atom. The molecule has 0 aliphatic heterocycles. The van der Waals surface area contributed by atoms with E-state index in [2.05, 4.69) is 31.3 Å². The summed E-state index contributed by atoms with van der Waals surface area (Å²) in [5.74, 6) is 6.56. The number of nitrogens with two attached hydrogens (primary N) is 1. The van der Waals surface area contributed by atoms with E-state index in [0.717, 1.165) is 16.0 Å². The Morgan fingerprint density at radius 1 is 1.47 bits per heavy atom. The average Bonchev–Trinajstić information content (AvgIpc) is 2.73. The first kappa shape index (κ1) is 12.2. The molecule has 2 rings (SSSR count). The van der Waals surface area contributed by atoms with Crippen molar-refractivity contribution in [1.82, 2.24) is 20.0 Å². The largest absolute Gasteiger partial charge is 0.338 e. The lowest BCUT2D eigenvalue weighted by atomic mass is 10.1. The third kappa shape index (κ3) is 2.71. The molecule has 0 radical (unpaired) electrons. The van der Waals surface area contributed by atoms with Gasteiger partial charge in [-0.1, -0.05) is 0 Å². The minimum Gasteiger partial charge on any atom is -0.338 e. The Balaban J connectivity index is 2.23. The summed E-state index contributed by atoms with van der Waals surface area (Å²) in [4.78, 5) is 8.62. The second-order valence-electron chi connectivity index (χ2n) is 3.75. The summed E-state index contributed by atoms with van der Waals surface area (Å²) in [7, 11) is 1.96. The van der Waals surface area contributed by atoms with Gasteiger partial charge in [-0.15, -0.1) is 0 Å². The fourth-order valence-corrected chi connectivity index (χ4v) is 2.20. The highest BCUT2D eigenvalue weighted by Gasteiger charge is 2.16. The normalized spacial score (nSPS) is 12.6. The molecule has 0 saturated heterocycles. The number of hydrogen-bond donors (Lipinski definition) is 2. The molecule has 3 N–H and O–H groups in total. The van der Waals surface area contributed by atoms with Gasteiger partial charge in [-0.3, -0.25) is 16.3 Å². The fourth-order valence-electron chi connectivity index (χ4n) is 1.66. The van der Waals surface area contributed by atoms with E-state index in [4.69, 9.17) is 5.84 Å². The Kier molecular flexibility index (Phi) is 3.88. The number of halogens is 1. The van der Waals surface area contributed by atoms with Crippen molar-refractivity contribution in [2.45, 2.75) is 12.5 Å². The van der Waals surface area contributed by atoms with E-state index in [0.29, 0.717) is 6.42 Å². The van der Waals surface area contributed by atoms with Crippen LogP contribution in [0.1, 0.15) is 17.6 Å². The van der Waals surface area contributed by atoms with Crippen LogP contribution in [0.3, 0.4) is 0 Å². The molecule has 0 fully saturated rings. The molecule has 2 aromatic heterocycles. The van der Waals surface area contributed by atoms with Crippen molar-refractivity contribution in [1.29, 1.82) is 0 Å². The Labute approximate surface area is 108 Å². The second kappa shape index (κ2) is 5.39. The topological polar surface area (TPSA) is 68.8 Å². The van der Waals surface area contributed by atoms with Gasteiger partial charge in [-0.25, -0.2) is 4.98 Å². The molecule has 17 heavy (non-hydrogen) atoms. The third-order valence-corrected chi connectivity index (χ3v) is 3.30. The number of hydrogen-bond acceptors (Lipinski definition) is 4. The van der Waals surface area contributed by atoms with E-state index in [-0.39, 0.29) is 6.04 Å². The van der Waals surface area contributed by atoms with Crippen molar-refractivity contribution in [2.24, 2.45) is 12.9 Å². The molecule has 0 saturated carbocycles. The molecule has 6 heteroatoms. The molecule has 0 aliphatic rings. The van der Waals surface area contributed by atoms with E-state index in [1.807, 2.05) is 29.9 Å². The fraction of sp³-hybridized carbons (Fsp3) is 0.273. The van der Waals surface area contributed by atoms with E-state index in [1.54, 1.807) is 12.4 Å². The average molecular weight is 296 g/mol. The molecular weight excluding hydrogens is 282 g/mol. The van der Waals surface area contributed by atoms with E-state index in [9.17, 15) is 0 Å². The SMILES string of the molecule is Cn1ccnc1CC(NN)c1ncccc1Br. The zero-order chi connectivity index (χ0) is 12.3. The molecule has 0 aliphatic carbocycles. The predicted octanol–water partition coefficient (Wildman–Crippen LogP) is 1.32. The maximum Gasteiger partial charge on any atom is 0.110 e. The van der Waals surface area contributed by atoms with Crippen molar-refractivity contribution < 1.29 is 0 Å². The van der Waals surface area contributed by atoms with Gasteiger partial charge in [0, 0.05) is 36.5 Å². The van der Waals surface area contributed by atoms with Gasteiger partial charge in [0.25, 0.3) is 0 Å². The first-order valence-corrected chi connectivity index (χ1v) is 6.04. The summed E-state index contributed by atoms with van der Waals surface area (Å²) in [6.07, 6.45) is 6.13. The highest BCUT2D eigenvalue weighted by molar-refractivity contribution is 9.10. The maximum absolute atomic E-state index is 5.59. The van der Waals surface area contributed by atoms with Crippen LogP contribution in [0.15, 0.2) is 35.2 Å². The monoisotopic (exact) mass is 295 g/mol. The summed E-state index contributed by atoms with van der Waals surface area (Å²) < 4.78 is 2.92. The minimum absolute atomic E-state index is 0.0633. The van der Waals surface area contributed by atoms with Crippen LogP contribution in [0.25, 0.3) is 0 Å². The Bertz CT molecular complexity index is 496. The summed E-state index contributed by atoms with van der Waals surface area (Å²) in [6.45, 7) is 0. The summed E-state index contributed by atoms with van der Waals surface area (Å²) in [6, 6.07) is 3.76. The van der Waals surface area contributed by atoms with E-state index < -0.39 is 0 Å². The lowest BCUT2D eigenvalue weighted by Crippen LogP contribution is -2.31. The molecule has 0 bridgehead atoms. The van der Waals surface area contributed by atoms with Crippen LogP contribution in [-0.2, 0) is 13.5 Å². The van der Waals surface area contributed by atoms with Crippen LogP contribution in [0.4, 0.5) is 0 Å². The Hall–Kier alpha value is -1.24. The molecule has 0 amide bonds. The first-order valence-electron chi connectivity index (χ1n) is 5.25. The number of nitrogens with zero attached hydrogens (tertiary/aromatic N) is 3. The molecule has 0 aromatic carbocycles. The van der Waals surface area contributed by atoms with Gasteiger partial charge in [-0.05, 0) is 28.1 Å². The quantitative estimate of drug-likeness (QED) is 0.659. The van der Waals surface area contributed by atoms with Crippen LogP contribution >= 0.6 is 15.9 Å². The van der Waals surface area contributed by atoms with E-state index >= 15 is 0 Å². The van der Waals surface area contributed by atoms with Crippen molar-refractivity contribution in [3.8, 4) is 0 Å². The lowest BCUT2D eigenvalue weighted by Gasteiger charge is -2.16. The van der Waals surface area contributed by atoms with Crippen molar-refractivity contribution in [3.05, 3.63) is 46.7 Å². The van der Waals surface area contributed by atoms with Gasteiger partial charge < -0.3 is 4.57 Å². The summed E-state index contributed by atoms with van der Waals surface area (Å²) in [5.41, 5.74) is 3.67. The maximum atomic E-state index is 5.59. The molecule has 2 aromatic rings. The zero-order valence-corrected chi connectivity index (χ0v) is 11.1. The number of rotatable bonds is 4. The number of imidazole rings is 1. The molecule has 2 heterocycles. The Morgan fingerprint density at radius 2 is 2.29 bits per heavy atom. The predicted molar refractivity (Wildman–Crippen MR) is 68.9 cm³/mol. The second-order valence-corrected chi connectivity index (χ2v) is 4.60. The number of nitrogens with one attached hydrogen (secondary N) is 1. The van der Waals surface area contributed by atoms with Crippen LogP contribution < -0.4 is 11.3 Å². The molecule has 1 atom stereocenters. The highest BCUT2D eigenvalue weighted by atomic mass is 79.9. The zero-order valence-electron chi connectivity index (χ0n) is 9.47. The molecular formula is C11H14BrN5. The number of aromatic nitrogens is 3. The number of aryl methyl sites for hydroxylation is 1. The lowest BCUT2D eigenvalue weighted by molar-refractivity contribution is 0.516. The van der Waals surface area contributed by atoms with Gasteiger partial charge in [0.05, 0.1) is 11.7 Å². The molecule has 1 unspecified atom stereocenters. The van der Waals surface area contributed by atoms with Crippen molar-refractivity contribution in [2.75, 3.05) is 0 Å². The number of pyridine rings is 1. The van der Waals surface area contributed by atoms with Gasteiger partial charge in [0.1, 0.15) is 5.82 Å². The minimum atomic E-state index is -0.0633. The first-order chi connectivity index (χ1) is 8.22. The van der Waals surface area contributed by atoms with Crippen molar-refractivity contribution >= 4 is 15.9 Å². The van der Waals surface area contributed by atoms with Gasteiger partial charge in [0.15, 0.2) is 0 Å². The van der Waals surface area contributed by atoms with Crippen LogP contribution in [-0.4, -0.2) is 14.5 Å². The van der Waals surface area contributed by atoms with Crippen molar-refractivity contribution in [3.63, 3.8) is 0 Å². The van der Waals surface area contributed by atoms with Gasteiger partial charge in [-0.2, -0.15) is 0 Å². The van der Waals surface area contributed by atoms with Gasteiger partial charge >= 0.3 is 0 Å². The summed E-state index contributed by atoms with van der Waals surface area (Å²) in [5, 5.41) is 0. The molecule has 5 nitrogen and oxygen atoms in total. The van der Waals surface area contributed by atoms with Crippen LogP contribution in [0.2, 0.25) is 0 Å². The summed E-state index contributed by atoms with van der Waals surface area (Å²) >= 11 is 3.48. The molecule has 90 valence electrons. The highest BCUT2D eigenvalue weighted by Crippen LogP contribution is 2.22. The van der Waals surface area contributed by atoms with Crippen LogP contribution in [0, 0.1) is 0 Å². The third-order valence-electron chi connectivity index (χ3n) is 2.63. The number of hydrazine groups is 1. The van der Waals surface area contributed by atoms with Gasteiger partial charge in [0.2, 0.25) is 0 Å². The van der Waals surface area contributed by atoms with E-state index in [1.165, 1.54) is 0 Å². The van der Waals surface area contributed by atoms with Crippen LogP contribution in [0.5, 0.6) is 0 Å². The standard InChI is InChI=1S/C11H14BrN5/c1-17-6-5-14-10(17)7-9(16-13)11-8(12)3-2-4-15-11/h2-6,9,16H,7,13H2,1H3. The molecule has 0 spiro atoms.